The second-order valence-corrected chi connectivity index (χ2v) is 5.53. The summed E-state index contributed by atoms with van der Waals surface area (Å²) in [5.74, 6) is 0.571. The van der Waals surface area contributed by atoms with Crippen LogP contribution in [-0.4, -0.2) is 24.8 Å². The van der Waals surface area contributed by atoms with Gasteiger partial charge in [0.2, 0.25) is 5.78 Å². The molecule has 3 aromatic carbocycles. The SMILES string of the molecule is COc1cccc(C=NN=C(C(=O)c2ccccc2)c2ccccc2)c1. The number of benzene rings is 3. The van der Waals surface area contributed by atoms with Crippen molar-refractivity contribution in [1.29, 1.82) is 0 Å². The maximum absolute atomic E-state index is 12.9. The van der Waals surface area contributed by atoms with Gasteiger partial charge in [0.25, 0.3) is 0 Å². The number of rotatable bonds is 6. The number of ketones is 1. The van der Waals surface area contributed by atoms with E-state index in [1.807, 2.05) is 72.8 Å². The fraction of sp³-hybridized carbons (Fsp3) is 0.0455. The lowest BCUT2D eigenvalue weighted by atomic mass is 10.0. The molecule has 0 unspecified atom stereocenters. The minimum Gasteiger partial charge on any atom is -0.497 e. The molecule has 0 bridgehead atoms. The summed E-state index contributed by atoms with van der Waals surface area (Å²) >= 11 is 0. The highest BCUT2D eigenvalue weighted by Gasteiger charge is 2.15. The molecule has 128 valence electrons. The summed E-state index contributed by atoms with van der Waals surface area (Å²) in [6.07, 6.45) is 1.60. The maximum Gasteiger partial charge on any atom is 0.213 e. The highest BCUT2D eigenvalue weighted by atomic mass is 16.5. The highest BCUT2D eigenvalue weighted by Crippen LogP contribution is 2.12. The third-order valence-electron chi connectivity index (χ3n) is 3.76. The Labute approximate surface area is 152 Å². The Hall–Kier alpha value is -3.53. The largest absolute Gasteiger partial charge is 0.497 e. The summed E-state index contributed by atoms with van der Waals surface area (Å²) in [7, 11) is 1.61. The van der Waals surface area contributed by atoms with Crippen LogP contribution >= 0.6 is 0 Å². The van der Waals surface area contributed by atoms with Crippen molar-refractivity contribution < 1.29 is 9.53 Å². The van der Waals surface area contributed by atoms with Crippen LogP contribution in [0.25, 0.3) is 0 Å². The number of ether oxygens (including phenoxy) is 1. The predicted octanol–water partition coefficient (Wildman–Crippen LogP) is 4.40. The fourth-order valence-corrected chi connectivity index (χ4v) is 2.43. The monoisotopic (exact) mass is 342 g/mol. The molecule has 0 spiro atoms. The first-order chi connectivity index (χ1) is 12.8. The van der Waals surface area contributed by atoms with E-state index in [0.29, 0.717) is 11.3 Å². The van der Waals surface area contributed by atoms with Crippen LogP contribution in [0.15, 0.2) is 95.1 Å². The summed E-state index contributed by atoms with van der Waals surface area (Å²) in [6.45, 7) is 0. The second kappa shape index (κ2) is 8.53. The number of carbonyl (C=O) groups is 1. The minimum absolute atomic E-state index is 0.167. The Balaban J connectivity index is 1.94. The number of Topliss-reactive ketones (excluding diaryl/α,β-unsaturated/α-hetero) is 1. The summed E-state index contributed by atoms with van der Waals surface area (Å²) in [5.41, 5.74) is 2.44. The van der Waals surface area contributed by atoms with Crippen LogP contribution in [0.2, 0.25) is 0 Å². The normalized spacial score (nSPS) is 11.5. The van der Waals surface area contributed by atoms with E-state index < -0.39 is 0 Å². The van der Waals surface area contributed by atoms with Gasteiger partial charge in [0.15, 0.2) is 0 Å². The Morgan fingerprint density at radius 3 is 2.15 bits per heavy atom. The van der Waals surface area contributed by atoms with Crippen molar-refractivity contribution in [3.63, 3.8) is 0 Å². The first kappa shape index (κ1) is 17.3. The van der Waals surface area contributed by atoms with Gasteiger partial charge in [-0.05, 0) is 17.7 Å². The molecule has 0 aliphatic heterocycles. The van der Waals surface area contributed by atoms with Gasteiger partial charge in [-0.2, -0.15) is 5.10 Å². The zero-order valence-electron chi connectivity index (χ0n) is 14.4. The van der Waals surface area contributed by atoms with E-state index in [1.165, 1.54) is 0 Å². The zero-order chi connectivity index (χ0) is 18.2. The van der Waals surface area contributed by atoms with Crippen LogP contribution in [0, 0.1) is 0 Å². The van der Waals surface area contributed by atoms with Gasteiger partial charge in [0, 0.05) is 11.1 Å². The number of carbonyl (C=O) groups excluding carboxylic acids is 1. The Bertz CT molecular complexity index is 933. The molecule has 0 atom stereocenters. The molecule has 0 saturated carbocycles. The number of methoxy groups -OCH3 is 1. The van der Waals surface area contributed by atoms with Crippen LogP contribution in [0.4, 0.5) is 0 Å². The zero-order valence-corrected chi connectivity index (χ0v) is 14.4. The molecule has 0 aromatic heterocycles. The van der Waals surface area contributed by atoms with Crippen LogP contribution < -0.4 is 4.74 Å². The maximum atomic E-state index is 12.9. The molecule has 0 aliphatic rings. The Morgan fingerprint density at radius 2 is 1.50 bits per heavy atom. The minimum atomic E-state index is -0.167. The summed E-state index contributed by atoms with van der Waals surface area (Å²) in [5, 5.41) is 8.34. The van der Waals surface area contributed by atoms with Crippen LogP contribution in [0.5, 0.6) is 5.75 Å². The smallest absolute Gasteiger partial charge is 0.213 e. The van der Waals surface area contributed by atoms with Crippen LogP contribution in [-0.2, 0) is 0 Å². The first-order valence-corrected chi connectivity index (χ1v) is 8.18. The van der Waals surface area contributed by atoms with E-state index in [0.717, 1.165) is 16.9 Å². The van der Waals surface area contributed by atoms with Crippen LogP contribution in [0.1, 0.15) is 21.5 Å². The molecule has 0 aliphatic carbocycles. The van der Waals surface area contributed by atoms with E-state index in [4.69, 9.17) is 4.74 Å². The van der Waals surface area contributed by atoms with Crippen molar-refractivity contribution >= 4 is 17.7 Å². The van der Waals surface area contributed by atoms with Crippen molar-refractivity contribution in [2.45, 2.75) is 0 Å². The number of hydrogen-bond donors (Lipinski definition) is 0. The van der Waals surface area contributed by atoms with Crippen molar-refractivity contribution in [3.05, 3.63) is 102 Å². The molecular formula is C22H18N2O2. The third kappa shape index (κ3) is 4.30. The Kier molecular flexibility index (Phi) is 5.68. The average Bonchev–Trinajstić information content (AvgIpc) is 2.72. The van der Waals surface area contributed by atoms with E-state index >= 15 is 0 Å². The van der Waals surface area contributed by atoms with Crippen molar-refractivity contribution in [2.75, 3.05) is 7.11 Å². The highest BCUT2D eigenvalue weighted by molar-refractivity contribution is 6.51. The summed E-state index contributed by atoms with van der Waals surface area (Å²) in [6, 6.07) is 25.9. The molecular weight excluding hydrogens is 324 g/mol. The first-order valence-electron chi connectivity index (χ1n) is 8.18. The number of nitrogens with zero attached hydrogens (tertiary/aromatic N) is 2. The third-order valence-corrected chi connectivity index (χ3v) is 3.76. The lowest BCUT2D eigenvalue weighted by Gasteiger charge is -2.04. The molecule has 4 nitrogen and oxygen atoms in total. The van der Waals surface area contributed by atoms with Crippen molar-refractivity contribution in [2.24, 2.45) is 10.2 Å². The van der Waals surface area contributed by atoms with E-state index in [9.17, 15) is 4.79 Å². The molecule has 0 fully saturated rings. The van der Waals surface area contributed by atoms with Gasteiger partial charge in [0.1, 0.15) is 11.5 Å². The van der Waals surface area contributed by atoms with E-state index in [2.05, 4.69) is 10.2 Å². The van der Waals surface area contributed by atoms with Gasteiger partial charge in [-0.3, -0.25) is 4.79 Å². The predicted molar refractivity (Wildman–Crippen MR) is 104 cm³/mol. The van der Waals surface area contributed by atoms with Crippen LogP contribution in [0.3, 0.4) is 0 Å². The lowest BCUT2D eigenvalue weighted by Crippen LogP contribution is -2.15. The standard InChI is InChI=1S/C22H18N2O2/c1-26-20-14-8-9-17(15-20)16-23-24-21(18-10-4-2-5-11-18)22(25)19-12-6-3-7-13-19/h2-16H,1H3. The Morgan fingerprint density at radius 1 is 0.846 bits per heavy atom. The molecule has 0 amide bonds. The van der Waals surface area contributed by atoms with E-state index in [1.54, 1.807) is 25.5 Å². The molecule has 4 heteroatoms. The van der Waals surface area contributed by atoms with Gasteiger partial charge in [-0.25, -0.2) is 0 Å². The molecule has 3 aromatic rings. The quantitative estimate of drug-likeness (QED) is 0.379. The lowest BCUT2D eigenvalue weighted by molar-refractivity contribution is 0.106. The van der Waals surface area contributed by atoms with Gasteiger partial charge < -0.3 is 4.74 Å². The van der Waals surface area contributed by atoms with Gasteiger partial charge in [0.05, 0.1) is 13.3 Å². The van der Waals surface area contributed by atoms with Crippen molar-refractivity contribution in [3.8, 4) is 5.75 Å². The second-order valence-electron chi connectivity index (χ2n) is 5.53. The molecule has 0 heterocycles. The van der Waals surface area contributed by atoms with Gasteiger partial charge >= 0.3 is 0 Å². The molecule has 0 N–H and O–H groups in total. The van der Waals surface area contributed by atoms with E-state index in [-0.39, 0.29) is 5.78 Å². The average molecular weight is 342 g/mol. The molecule has 0 saturated heterocycles. The topological polar surface area (TPSA) is 51.0 Å². The molecule has 3 rings (SSSR count). The molecule has 26 heavy (non-hydrogen) atoms. The van der Waals surface area contributed by atoms with Gasteiger partial charge in [-0.1, -0.05) is 72.8 Å². The summed E-state index contributed by atoms with van der Waals surface area (Å²) < 4.78 is 5.20. The van der Waals surface area contributed by atoms with Gasteiger partial charge in [-0.15, -0.1) is 5.10 Å². The summed E-state index contributed by atoms with van der Waals surface area (Å²) in [4.78, 5) is 12.9. The molecule has 0 radical (unpaired) electrons. The number of hydrogen-bond acceptors (Lipinski definition) is 4. The fourth-order valence-electron chi connectivity index (χ4n) is 2.43. The van der Waals surface area contributed by atoms with Crippen molar-refractivity contribution in [1.82, 2.24) is 0 Å².